The Morgan fingerprint density at radius 3 is 2.55 bits per heavy atom. The van der Waals surface area contributed by atoms with Gasteiger partial charge < -0.3 is 20.4 Å². The van der Waals surface area contributed by atoms with E-state index in [0.717, 1.165) is 0 Å². The van der Waals surface area contributed by atoms with Gasteiger partial charge in [-0.1, -0.05) is 0 Å². The number of anilines is 1. The van der Waals surface area contributed by atoms with Gasteiger partial charge in [0.15, 0.2) is 6.10 Å². The molecule has 0 spiro atoms. The maximum atomic E-state index is 12.0. The van der Waals surface area contributed by atoms with Crippen molar-refractivity contribution in [3.8, 4) is 0 Å². The smallest absolute Gasteiger partial charge is 0.355 e. The first-order valence-electron chi connectivity index (χ1n) is 6.62. The van der Waals surface area contributed by atoms with Gasteiger partial charge in [-0.05, 0) is 40.7 Å². The van der Waals surface area contributed by atoms with Gasteiger partial charge in [-0.15, -0.1) is 0 Å². The fraction of sp³-hybridized carbons (Fsp3) is 0.571. The molecule has 0 fully saturated rings. The molecule has 0 saturated carbocycles. The number of carbonyl (C=O) groups excluding carboxylic acids is 2. The Morgan fingerprint density at radius 2 is 2.05 bits per heavy atom. The molecule has 0 saturated heterocycles. The molecular formula is C14H23N3O3. The van der Waals surface area contributed by atoms with Crippen molar-refractivity contribution < 1.29 is 14.3 Å². The van der Waals surface area contributed by atoms with E-state index in [1.165, 1.54) is 0 Å². The first kappa shape index (κ1) is 16.1. The Hall–Kier alpha value is -1.98. The lowest BCUT2D eigenvalue weighted by molar-refractivity contribution is -0.130. The highest BCUT2D eigenvalue weighted by atomic mass is 16.5. The average Bonchev–Trinajstić information content (AvgIpc) is 2.68. The third-order valence-electron chi connectivity index (χ3n) is 2.62. The van der Waals surface area contributed by atoms with Crippen LogP contribution in [0, 0.1) is 0 Å². The van der Waals surface area contributed by atoms with Crippen molar-refractivity contribution in [2.45, 2.75) is 52.8 Å². The summed E-state index contributed by atoms with van der Waals surface area (Å²) in [6.45, 7) is 9.63. The fourth-order valence-corrected chi connectivity index (χ4v) is 1.71. The Labute approximate surface area is 119 Å². The molecule has 0 bridgehead atoms. The quantitative estimate of drug-likeness (QED) is 0.820. The number of nitrogen functional groups attached to an aromatic ring is 1. The molecule has 20 heavy (non-hydrogen) atoms. The first-order valence-corrected chi connectivity index (χ1v) is 6.62. The van der Waals surface area contributed by atoms with E-state index < -0.39 is 12.1 Å². The molecule has 1 amide bonds. The highest BCUT2D eigenvalue weighted by Crippen LogP contribution is 2.13. The number of rotatable bonds is 4. The van der Waals surface area contributed by atoms with Gasteiger partial charge in [0.05, 0.1) is 5.69 Å². The topological polar surface area (TPSA) is 86.3 Å². The Bertz CT molecular complexity index is 500. The molecule has 0 aliphatic carbocycles. The number of esters is 1. The van der Waals surface area contributed by atoms with Crippen LogP contribution in [0.15, 0.2) is 12.3 Å². The fourth-order valence-electron chi connectivity index (χ4n) is 1.71. The van der Waals surface area contributed by atoms with Crippen LogP contribution in [0.4, 0.5) is 5.69 Å². The second-order valence-corrected chi connectivity index (χ2v) is 5.73. The lowest BCUT2D eigenvalue weighted by Crippen LogP contribution is -2.46. The SMILES string of the molecule is CCn1cc(N)cc1C(=O)OC(C)C(=O)NC(C)(C)C. The molecule has 112 valence electrons. The van der Waals surface area contributed by atoms with Crippen molar-refractivity contribution in [2.24, 2.45) is 0 Å². The maximum absolute atomic E-state index is 12.0. The largest absolute Gasteiger partial charge is 0.448 e. The molecule has 1 heterocycles. The third kappa shape index (κ3) is 4.29. The highest BCUT2D eigenvalue weighted by molar-refractivity contribution is 5.92. The molecule has 1 aromatic heterocycles. The summed E-state index contributed by atoms with van der Waals surface area (Å²) in [6.07, 6.45) is 0.805. The van der Waals surface area contributed by atoms with E-state index >= 15 is 0 Å². The van der Waals surface area contributed by atoms with Crippen LogP contribution in [0.2, 0.25) is 0 Å². The number of nitrogens with two attached hydrogens (primary N) is 1. The second kappa shape index (κ2) is 5.98. The predicted molar refractivity (Wildman–Crippen MR) is 77.3 cm³/mol. The number of aryl methyl sites for hydroxylation is 1. The zero-order valence-corrected chi connectivity index (χ0v) is 12.7. The molecule has 0 radical (unpaired) electrons. The van der Waals surface area contributed by atoms with Crippen molar-refractivity contribution in [1.82, 2.24) is 9.88 Å². The van der Waals surface area contributed by atoms with Crippen molar-refractivity contribution in [2.75, 3.05) is 5.73 Å². The van der Waals surface area contributed by atoms with Gasteiger partial charge >= 0.3 is 5.97 Å². The number of hydrogen-bond acceptors (Lipinski definition) is 4. The highest BCUT2D eigenvalue weighted by Gasteiger charge is 2.24. The van der Waals surface area contributed by atoms with Crippen LogP contribution < -0.4 is 11.1 Å². The summed E-state index contributed by atoms with van der Waals surface area (Å²) in [4.78, 5) is 23.9. The molecule has 1 unspecified atom stereocenters. The molecular weight excluding hydrogens is 258 g/mol. The molecule has 6 heteroatoms. The predicted octanol–water partition coefficient (Wildman–Crippen LogP) is 1.55. The van der Waals surface area contributed by atoms with Crippen molar-refractivity contribution in [3.05, 3.63) is 18.0 Å². The minimum Gasteiger partial charge on any atom is -0.448 e. The number of nitrogens with one attached hydrogen (secondary N) is 1. The summed E-state index contributed by atoms with van der Waals surface area (Å²) < 4.78 is 6.86. The van der Waals surface area contributed by atoms with Crippen LogP contribution in [0.5, 0.6) is 0 Å². The molecule has 1 aromatic rings. The monoisotopic (exact) mass is 281 g/mol. The van der Waals surface area contributed by atoms with Crippen LogP contribution in [0.25, 0.3) is 0 Å². The molecule has 3 N–H and O–H groups in total. The Kier molecular flexibility index (Phi) is 4.81. The molecule has 0 aliphatic heterocycles. The summed E-state index contributed by atoms with van der Waals surface area (Å²) in [6, 6.07) is 1.54. The summed E-state index contributed by atoms with van der Waals surface area (Å²) >= 11 is 0. The number of ether oxygens (including phenoxy) is 1. The standard InChI is InChI=1S/C14H23N3O3/c1-6-17-8-10(15)7-11(17)13(19)20-9(2)12(18)16-14(3,4)5/h7-9H,6,15H2,1-5H3,(H,16,18). The van der Waals surface area contributed by atoms with Crippen LogP contribution in [-0.4, -0.2) is 28.1 Å². The maximum Gasteiger partial charge on any atom is 0.355 e. The number of hydrogen-bond donors (Lipinski definition) is 2. The molecule has 6 nitrogen and oxygen atoms in total. The minimum absolute atomic E-state index is 0.326. The van der Waals surface area contributed by atoms with Gasteiger partial charge in [-0.3, -0.25) is 4.79 Å². The van der Waals surface area contributed by atoms with Crippen LogP contribution >= 0.6 is 0 Å². The number of nitrogens with zero attached hydrogens (tertiary/aromatic N) is 1. The van der Waals surface area contributed by atoms with E-state index in [0.29, 0.717) is 17.9 Å². The molecule has 1 atom stereocenters. The van der Waals surface area contributed by atoms with Crippen molar-refractivity contribution in [1.29, 1.82) is 0 Å². The van der Waals surface area contributed by atoms with Crippen molar-refractivity contribution in [3.63, 3.8) is 0 Å². The zero-order valence-electron chi connectivity index (χ0n) is 12.7. The van der Waals surface area contributed by atoms with Crippen LogP contribution in [-0.2, 0) is 16.1 Å². The normalized spacial score (nSPS) is 12.8. The number of aromatic nitrogens is 1. The van der Waals surface area contributed by atoms with E-state index in [1.807, 2.05) is 27.7 Å². The third-order valence-corrected chi connectivity index (χ3v) is 2.62. The van der Waals surface area contributed by atoms with Gasteiger partial charge in [0.1, 0.15) is 5.69 Å². The zero-order chi connectivity index (χ0) is 15.5. The second-order valence-electron chi connectivity index (χ2n) is 5.73. The Balaban J connectivity index is 2.72. The number of carbonyl (C=O) groups is 2. The van der Waals surface area contributed by atoms with Gasteiger partial charge in [0.2, 0.25) is 0 Å². The van der Waals surface area contributed by atoms with E-state index in [4.69, 9.17) is 10.5 Å². The lowest BCUT2D eigenvalue weighted by atomic mass is 10.1. The number of amides is 1. The van der Waals surface area contributed by atoms with Gasteiger partial charge in [0.25, 0.3) is 5.91 Å². The van der Waals surface area contributed by atoms with E-state index in [1.54, 1.807) is 23.8 Å². The van der Waals surface area contributed by atoms with E-state index in [9.17, 15) is 9.59 Å². The molecule has 0 aliphatic rings. The van der Waals surface area contributed by atoms with Gasteiger partial charge in [-0.2, -0.15) is 0 Å². The summed E-state index contributed by atoms with van der Waals surface area (Å²) in [5.74, 6) is -0.881. The van der Waals surface area contributed by atoms with Gasteiger partial charge in [-0.25, -0.2) is 4.79 Å². The average molecular weight is 281 g/mol. The van der Waals surface area contributed by atoms with E-state index in [-0.39, 0.29) is 11.4 Å². The summed E-state index contributed by atoms with van der Waals surface area (Å²) in [7, 11) is 0. The summed E-state index contributed by atoms with van der Waals surface area (Å²) in [5, 5.41) is 2.76. The summed E-state index contributed by atoms with van der Waals surface area (Å²) in [5.41, 5.74) is 6.13. The molecule has 1 rings (SSSR count). The minimum atomic E-state index is -0.858. The van der Waals surface area contributed by atoms with E-state index in [2.05, 4.69) is 5.32 Å². The Morgan fingerprint density at radius 1 is 1.45 bits per heavy atom. The van der Waals surface area contributed by atoms with Crippen LogP contribution in [0.1, 0.15) is 45.1 Å². The van der Waals surface area contributed by atoms with Crippen molar-refractivity contribution >= 4 is 17.6 Å². The van der Waals surface area contributed by atoms with Crippen LogP contribution in [0.3, 0.4) is 0 Å². The molecule has 0 aromatic carbocycles. The first-order chi connectivity index (χ1) is 9.14. The lowest BCUT2D eigenvalue weighted by Gasteiger charge is -2.23. The van der Waals surface area contributed by atoms with Gasteiger partial charge in [0, 0.05) is 18.3 Å².